The molecule has 0 aliphatic heterocycles. The molecule has 1 N–H and O–H groups in total. The lowest BCUT2D eigenvalue weighted by atomic mass is 10.1. The van der Waals surface area contributed by atoms with E-state index < -0.39 is 5.97 Å². The van der Waals surface area contributed by atoms with Gasteiger partial charge in [-0.05, 0) is 36.9 Å². The highest BCUT2D eigenvalue weighted by atomic mass is 32.2. The molecule has 134 valence electrons. The number of anilines is 1. The van der Waals surface area contributed by atoms with E-state index in [1.807, 2.05) is 54.8 Å². The molecule has 4 nitrogen and oxygen atoms in total. The molecule has 2 aromatic carbocycles. The summed E-state index contributed by atoms with van der Waals surface area (Å²) in [5.41, 5.74) is 1.36. The number of rotatable bonds is 6. The number of ether oxygens (including phenoxy) is 1. The summed E-state index contributed by atoms with van der Waals surface area (Å²) in [6, 6.07) is 15.5. The lowest BCUT2D eigenvalue weighted by molar-refractivity contribution is -0.115. The van der Waals surface area contributed by atoms with Crippen LogP contribution in [0.15, 0.2) is 53.4 Å². The zero-order chi connectivity index (χ0) is 18.5. The Kier molecular flexibility index (Phi) is 5.96. The number of thiophene rings is 1. The molecule has 0 aliphatic carbocycles. The van der Waals surface area contributed by atoms with Gasteiger partial charge in [0.25, 0.3) is 0 Å². The normalized spacial score (nSPS) is 10.7. The monoisotopic (exact) mass is 385 g/mol. The van der Waals surface area contributed by atoms with Gasteiger partial charge in [0.05, 0.1) is 13.0 Å². The van der Waals surface area contributed by atoms with Gasteiger partial charge in [0.2, 0.25) is 5.91 Å². The fourth-order valence-corrected chi connectivity index (χ4v) is 4.15. The maximum Gasteiger partial charge on any atom is 0.341 e. The highest BCUT2D eigenvalue weighted by Gasteiger charge is 2.21. The summed E-state index contributed by atoms with van der Waals surface area (Å²) < 4.78 is 6.11. The second kappa shape index (κ2) is 8.38. The number of thioether (sulfide) groups is 1. The van der Waals surface area contributed by atoms with Crippen LogP contribution in [0.5, 0.6) is 0 Å². The zero-order valence-corrected chi connectivity index (χ0v) is 16.2. The molecule has 6 heteroatoms. The SMILES string of the molecule is CCOC(=O)c1c(NC(=O)Cc2ccc(SC)cc2)sc2ccccc12. The molecular formula is C20H19NO3S2. The average molecular weight is 386 g/mol. The smallest absolute Gasteiger partial charge is 0.341 e. The van der Waals surface area contributed by atoms with Crippen LogP contribution in [0.25, 0.3) is 10.1 Å². The van der Waals surface area contributed by atoms with Crippen molar-refractivity contribution in [3.05, 3.63) is 59.7 Å². The Morgan fingerprint density at radius 1 is 1.12 bits per heavy atom. The zero-order valence-electron chi connectivity index (χ0n) is 14.6. The van der Waals surface area contributed by atoms with Gasteiger partial charge in [0.15, 0.2) is 0 Å². The van der Waals surface area contributed by atoms with Crippen LogP contribution in [0, 0.1) is 0 Å². The molecule has 0 spiro atoms. The molecule has 0 saturated carbocycles. The number of amides is 1. The lowest BCUT2D eigenvalue weighted by Crippen LogP contribution is -2.16. The van der Waals surface area contributed by atoms with Crippen LogP contribution in [-0.2, 0) is 16.0 Å². The van der Waals surface area contributed by atoms with E-state index in [0.717, 1.165) is 20.5 Å². The Morgan fingerprint density at radius 3 is 2.54 bits per heavy atom. The van der Waals surface area contributed by atoms with Crippen molar-refractivity contribution in [1.29, 1.82) is 0 Å². The van der Waals surface area contributed by atoms with Crippen molar-refractivity contribution in [2.75, 3.05) is 18.2 Å². The molecule has 1 aromatic heterocycles. The molecule has 0 radical (unpaired) electrons. The first kappa shape index (κ1) is 18.5. The quantitative estimate of drug-likeness (QED) is 0.480. The van der Waals surface area contributed by atoms with Crippen LogP contribution in [0.2, 0.25) is 0 Å². The molecular weight excluding hydrogens is 366 g/mol. The van der Waals surface area contributed by atoms with Gasteiger partial charge >= 0.3 is 5.97 Å². The first-order valence-corrected chi connectivity index (χ1v) is 10.3. The Hall–Kier alpha value is -2.31. The first-order chi connectivity index (χ1) is 12.6. The molecule has 1 heterocycles. The Morgan fingerprint density at radius 2 is 1.85 bits per heavy atom. The molecule has 3 aromatic rings. The minimum Gasteiger partial charge on any atom is -0.462 e. The largest absolute Gasteiger partial charge is 0.462 e. The fraction of sp³-hybridized carbons (Fsp3) is 0.200. The highest BCUT2D eigenvalue weighted by Crippen LogP contribution is 2.36. The van der Waals surface area contributed by atoms with Gasteiger partial charge in [-0.2, -0.15) is 0 Å². The second-order valence-corrected chi connectivity index (χ2v) is 7.53. The number of carbonyl (C=O) groups is 2. The minimum atomic E-state index is -0.412. The van der Waals surface area contributed by atoms with E-state index in [9.17, 15) is 9.59 Å². The third-order valence-corrected chi connectivity index (χ3v) is 5.68. The maximum absolute atomic E-state index is 12.5. The van der Waals surface area contributed by atoms with Crippen LogP contribution < -0.4 is 5.32 Å². The first-order valence-electron chi connectivity index (χ1n) is 8.23. The predicted molar refractivity (Wildman–Crippen MR) is 108 cm³/mol. The number of hydrogen-bond donors (Lipinski definition) is 1. The Bertz CT molecular complexity index is 932. The minimum absolute atomic E-state index is 0.154. The van der Waals surface area contributed by atoms with Crippen molar-refractivity contribution in [2.45, 2.75) is 18.2 Å². The molecule has 3 rings (SSSR count). The van der Waals surface area contributed by atoms with E-state index in [4.69, 9.17) is 4.74 Å². The molecule has 0 bridgehead atoms. The van der Waals surface area contributed by atoms with Crippen molar-refractivity contribution in [2.24, 2.45) is 0 Å². The van der Waals surface area contributed by atoms with Crippen LogP contribution in [0.1, 0.15) is 22.8 Å². The van der Waals surface area contributed by atoms with Gasteiger partial charge in [-0.3, -0.25) is 4.79 Å². The van der Waals surface area contributed by atoms with Gasteiger partial charge in [-0.25, -0.2) is 4.79 Å². The second-order valence-electron chi connectivity index (χ2n) is 5.60. The van der Waals surface area contributed by atoms with Crippen LogP contribution in [-0.4, -0.2) is 24.7 Å². The molecule has 0 fully saturated rings. The third-order valence-electron chi connectivity index (χ3n) is 3.85. The van der Waals surface area contributed by atoms with Crippen LogP contribution >= 0.6 is 23.1 Å². The number of esters is 1. The van der Waals surface area contributed by atoms with Crippen molar-refractivity contribution >= 4 is 50.1 Å². The summed E-state index contributed by atoms with van der Waals surface area (Å²) in [5.74, 6) is -0.566. The average Bonchev–Trinajstić information content (AvgIpc) is 3.00. The van der Waals surface area contributed by atoms with E-state index >= 15 is 0 Å². The van der Waals surface area contributed by atoms with E-state index in [0.29, 0.717) is 10.6 Å². The van der Waals surface area contributed by atoms with Gasteiger partial charge in [0.1, 0.15) is 10.6 Å². The molecule has 26 heavy (non-hydrogen) atoms. The van der Waals surface area contributed by atoms with Crippen LogP contribution in [0.3, 0.4) is 0 Å². The number of fused-ring (bicyclic) bond motifs is 1. The maximum atomic E-state index is 12.5. The van der Waals surface area contributed by atoms with Crippen LogP contribution in [0.4, 0.5) is 5.00 Å². The number of benzene rings is 2. The van der Waals surface area contributed by atoms with Gasteiger partial charge in [-0.15, -0.1) is 23.1 Å². The summed E-state index contributed by atoms with van der Waals surface area (Å²) >= 11 is 3.05. The summed E-state index contributed by atoms with van der Waals surface area (Å²) in [5, 5.41) is 4.23. The van der Waals surface area contributed by atoms with Gasteiger partial charge in [-0.1, -0.05) is 30.3 Å². The van der Waals surface area contributed by atoms with Crippen molar-refractivity contribution in [1.82, 2.24) is 0 Å². The molecule has 0 atom stereocenters. The van der Waals surface area contributed by atoms with E-state index in [2.05, 4.69) is 5.32 Å². The lowest BCUT2D eigenvalue weighted by Gasteiger charge is -2.07. The van der Waals surface area contributed by atoms with Crippen molar-refractivity contribution in [3.8, 4) is 0 Å². The molecule has 0 aliphatic rings. The summed E-state index contributed by atoms with van der Waals surface area (Å²) in [6.45, 7) is 2.06. The Balaban J connectivity index is 1.83. The van der Waals surface area contributed by atoms with Crippen molar-refractivity contribution < 1.29 is 14.3 Å². The number of nitrogens with one attached hydrogen (secondary N) is 1. The standard InChI is InChI=1S/C20H19NO3S2/c1-3-24-20(23)18-15-6-4-5-7-16(15)26-19(18)21-17(22)12-13-8-10-14(25-2)11-9-13/h4-11H,3,12H2,1-2H3,(H,21,22). The summed E-state index contributed by atoms with van der Waals surface area (Å²) in [4.78, 5) is 26.0. The van der Waals surface area contributed by atoms with E-state index in [1.165, 1.54) is 11.3 Å². The van der Waals surface area contributed by atoms with Gasteiger partial charge in [0, 0.05) is 15.0 Å². The van der Waals surface area contributed by atoms with E-state index in [-0.39, 0.29) is 18.9 Å². The molecule has 1 amide bonds. The predicted octanol–water partition coefficient (Wildman–Crippen LogP) is 4.98. The summed E-state index contributed by atoms with van der Waals surface area (Å²) in [6.07, 6.45) is 2.27. The topological polar surface area (TPSA) is 55.4 Å². The van der Waals surface area contributed by atoms with Crippen molar-refractivity contribution in [3.63, 3.8) is 0 Å². The highest BCUT2D eigenvalue weighted by molar-refractivity contribution is 7.98. The number of hydrogen-bond acceptors (Lipinski definition) is 5. The Labute approximate surface area is 160 Å². The number of carbonyl (C=O) groups excluding carboxylic acids is 2. The summed E-state index contributed by atoms with van der Waals surface area (Å²) in [7, 11) is 0. The fourth-order valence-electron chi connectivity index (χ4n) is 2.64. The van der Waals surface area contributed by atoms with Gasteiger partial charge < -0.3 is 10.1 Å². The molecule has 0 saturated heterocycles. The van der Waals surface area contributed by atoms with E-state index in [1.54, 1.807) is 18.7 Å². The molecule has 0 unspecified atom stereocenters. The third kappa shape index (κ3) is 4.08.